The van der Waals surface area contributed by atoms with Gasteiger partial charge in [-0.1, -0.05) is 0 Å². The molecule has 0 aromatic rings. The van der Waals surface area contributed by atoms with Gasteiger partial charge in [0.15, 0.2) is 0 Å². The predicted molar refractivity (Wildman–Crippen MR) is 24.8 cm³/mol. The Bertz CT molecular complexity index is 61.5. The quantitative estimate of drug-likeness (QED) is 0.216. The fourth-order valence-corrected chi connectivity index (χ4v) is 0. The summed E-state index contributed by atoms with van der Waals surface area (Å²) in [5, 5.41) is 0. The molecule has 0 fully saturated rings. The summed E-state index contributed by atoms with van der Waals surface area (Å²) >= 11 is 0. The number of rotatable bonds is 1. The summed E-state index contributed by atoms with van der Waals surface area (Å²) in [4.78, 5) is 47.5. The van der Waals surface area contributed by atoms with E-state index in [4.69, 9.17) is 28.8 Å². The highest BCUT2D eigenvalue weighted by atomic mass is 29.3. The topological polar surface area (TPSA) is 121 Å². The molecule has 6 N–H and O–H groups in total. The SMILES string of the molecule is O[Si](O)(O)[Si](O)(O)O. The standard InChI is InChI=1S/H6O6Si2/c1-7(2,3)8(4,5)6/h1-6H. The first kappa shape index (κ1) is 8.19. The van der Waals surface area contributed by atoms with Crippen LogP contribution in [0.4, 0.5) is 0 Å². The fourth-order valence-electron chi connectivity index (χ4n) is 0. The Morgan fingerprint density at radius 3 is 0.625 bits per heavy atom. The van der Waals surface area contributed by atoms with E-state index in [0.29, 0.717) is 0 Å². The van der Waals surface area contributed by atoms with Gasteiger partial charge in [-0.3, -0.25) is 0 Å². The Morgan fingerprint density at radius 2 is 0.625 bits per heavy atom. The average molecular weight is 158 g/mol. The van der Waals surface area contributed by atoms with Crippen LogP contribution in [0.15, 0.2) is 0 Å². The molecule has 0 aliphatic heterocycles. The van der Waals surface area contributed by atoms with Gasteiger partial charge in [-0.15, -0.1) is 0 Å². The molecule has 0 rings (SSSR count). The van der Waals surface area contributed by atoms with E-state index >= 15 is 0 Å². The molecule has 0 aromatic carbocycles. The van der Waals surface area contributed by atoms with Crippen molar-refractivity contribution in [1.29, 1.82) is 0 Å². The van der Waals surface area contributed by atoms with Gasteiger partial charge in [0.05, 0.1) is 0 Å². The van der Waals surface area contributed by atoms with Gasteiger partial charge in [0.2, 0.25) is 0 Å². The minimum Gasteiger partial charge on any atom is -0.388 e. The monoisotopic (exact) mass is 158 g/mol. The van der Waals surface area contributed by atoms with Gasteiger partial charge >= 0.3 is 16.6 Å². The normalized spacial score (nSPS) is 14.2. The molecule has 0 aliphatic rings. The zero-order chi connectivity index (χ0) is 7.00. The molecule has 0 saturated heterocycles. The van der Waals surface area contributed by atoms with Crippen molar-refractivity contribution in [2.24, 2.45) is 0 Å². The highest BCUT2D eigenvalue weighted by molar-refractivity contribution is 7.22. The van der Waals surface area contributed by atoms with Gasteiger partial charge in [0, 0.05) is 0 Å². The van der Waals surface area contributed by atoms with Crippen LogP contribution in [0.25, 0.3) is 0 Å². The fraction of sp³-hybridized carbons (Fsp3) is 0. The maximum Gasteiger partial charge on any atom is 0.569 e. The molecule has 0 amide bonds. The van der Waals surface area contributed by atoms with E-state index in [0.717, 1.165) is 0 Å². The van der Waals surface area contributed by atoms with Crippen LogP contribution in [0, 0.1) is 0 Å². The van der Waals surface area contributed by atoms with Crippen LogP contribution in [0.2, 0.25) is 0 Å². The summed E-state index contributed by atoms with van der Waals surface area (Å²) in [6.45, 7) is 0. The molecule has 0 spiro atoms. The summed E-state index contributed by atoms with van der Waals surface area (Å²) in [5.41, 5.74) is 0. The maximum atomic E-state index is 7.92. The van der Waals surface area contributed by atoms with Crippen molar-refractivity contribution in [2.45, 2.75) is 0 Å². The van der Waals surface area contributed by atoms with E-state index in [2.05, 4.69) is 0 Å². The Balaban J connectivity index is 4.02. The molecule has 0 unspecified atom stereocenters. The zero-order valence-electron chi connectivity index (χ0n) is 3.68. The summed E-state index contributed by atoms with van der Waals surface area (Å²) in [6.07, 6.45) is 0. The molecule has 0 heterocycles. The third kappa shape index (κ3) is 1.98. The Hall–Kier alpha value is 0.194. The minimum atomic E-state index is -5.05. The lowest BCUT2D eigenvalue weighted by Crippen LogP contribution is -2.65. The van der Waals surface area contributed by atoms with Gasteiger partial charge in [-0.05, 0) is 0 Å². The highest BCUT2D eigenvalue weighted by Crippen LogP contribution is 1.96. The first-order valence-electron chi connectivity index (χ1n) is 1.59. The first-order chi connectivity index (χ1) is 3.25. The van der Waals surface area contributed by atoms with Gasteiger partial charge < -0.3 is 28.8 Å². The molecule has 6 nitrogen and oxygen atoms in total. The molecular weight excluding hydrogens is 152 g/mol. The number of hydrogen-bond acceptors (Lipinski definition) is 6. The summed E-state index contributed by atoms with van der Waals surface area (Å²) in [6, 6.07) is 0. The van der Waals surface area contributed by atoms with Crippen LogP contribution in [0.1, 0.15) is 0 Å². The molecule has 0 radical (unpaired) electrons. The van der Waals surface area contributed by atoms with Crippen molar-refractivity contribution in [3.8, 4) is 0 Å². The zero-order valence-corrected chi connectivity index (χ0v) is 5.68. The molecule has 0 bridgehead atoms. The van der Waals surface area contributed by atoms with Gasteiger partial charge in [-0.2, -0.15) is 0 Å². The molecule has 0 aliphatic carbocycles. The highest BCUT2D eigenvalue weighted by Gasteiger charge is 2.58. The van der Waals surface area contributed by atoms with E-state index in [1.807, 2.05) is 0 Å². The summed E-state index contributed by atoms with van der Waals surface area (Å²) in [5.74, 6) is 0. The van der Waals surface area contributed by atoms with Crippen LogP contribution < -0.4 is 0 Å². The van der Waals surface area contributed by atoms with Gasteiger partial charge in [0.1, 0.15) is 0 Å². The third-order valence-electron chi connectivity index (χ3n) is 0.450. The lowest BCUT2D eigenvalue weighted by atomic mass is 15.7. The van der Waals surface area contributed by atoms with Gasteiger partial charge in [0.25, 0.3) is 0 Å². The lowest BCUT2D eigenvalue weighted by molar-refractivity contribution is 0.170. The Labute approximate surface area is 46.4 Å². The van der Waals surface area contributed by atoms with E-state index < -0.39 is 16.6 Å². The van der Waals surface area contributed by atoms with Gasteiger partial charge in [-0.25, -0.2) is 0 Å². The molecule has 8 heavy (non-hydrogen) atoms. The molecule has 0 saturated carbocycles. The Morgan fingerprint density at radius 1 is 0.500 bits per heavy atom. The van der Waals surface area contributed by atoms with Crippen molar-refractivity contribution >= 4 is 16.6 Å². The van der Waals surface area contributed by atoms with Crippen LogP contribution in [0.3, 0.4) is 0 Å². The lowest BCUT2D eigenvalue weighted by Gasteiger charge is -2.14. The molecule has 50 valence electrons. The van der Waals surface area contributed by atoms with E-state index in [-0.39, 0.29) is 0 Å². The maximum absolute atomic E-state index is 7.92. The average Bonchev–Trinajstić information content (AvgIpc) is 1.25. The van der Waals surface area contributed by atoms with Crippen molar-refractivity contribution in [3.05, 3.63) is 0 Å². The van der Waals surface area contributed by atoms with Crippen molar-refractivity contribution in [2.75, 3.05) is 0 Å². The first-order valence-corrected chi connectivity index (χ1v) is 6.27. The number of hydrogen-bond donors (Lipinski definition) is 6. The van der Waals surface area contributed by atoms with Crippen LogP contribution in [-0.2, 0) is 0 Å². The van der Waals surface area contributed by atoms with E-state index in [9.17, 15) is 0 Å². The van der Waals surface area contributed by atoms with Crippen LogP contribution >= 0.6 is 0 Å². The molecule has 0 aromatic heterocycles. The third-order valence-corrected chi connectivity index (χ3v) is 4.05. The van der Waals surface area contributed by atoms with E-state index in [1.165, 1.54) is 0 Å². The van der Waals surface area contributed by atoms with Crippen molar-refractivity contribution in [3.63, 3.8) is 0 Å². The second kappa shape index (κ2) is 1.86. The predicted octanol–water partition coefficient (Wildman–Crippen LogP) is -4.10. The Kier molecular flexibility index (Phi) is 1.90. The minimum absolute atomic E-state index is 5.05. The summed E-state index contributed by atoms with van der Waals surface area (Å²) in [7, 11) is -10.1. The largest absolute Gasteiger partial charge is 0.569 e. The second-order valence-electron chi connectivity index (χ2n) is 1.27. The molecule has 8 heteroatoms. The summed E-state index contributed by atoms with van der Waals surface area (Å²) < 4.78 is 0. The van der Waals surface area contributed by atoms with Crippen LogP contribution in [-0.4, -0.2) is 45.4 Å². The molecule has 0 atom stereocenters. The molecular formula is H6O6Si2. The van der Waals surface area contributed by atoms with Crippen molar-refractivity contribution in [1.82, 2.24) is 0 Å². The van der Waals surface area contributed by atoms with E-state index in [1.54, 1.807) is 0 Å². The van der Waals surface area contributed by atoms with Crippen molar-refractivity contribution < 1.29 is 28.8 Å². The smallest absolute Gasteiger partial charge is 0.388 e. The van der Waals surface area contributed by atoms with Crippen LogP contribution in [0.5, 0.6) is 0 Å². The second-order valence-corrected chi connectivity index (χ2v) is 7.84.